The zero-order chi connectivity index (χ0) is 32.0. The van der Waals surface area contributed by atoms with Crippen LogP contribution in [0.2, 0.25) is 0 Å². The van der Waals surface area contributed by atoms with E-state index < -0.39 is 5.92 Å². The summed E-state index contributed by atoms with van der Waals surface area (Å²) in [6.07, 6.45) is 3.36. The van der Waals surface area contributed by atoms with Crippen molar-refractivity contribution in [1.29, 1.82) is 0 Å². The Labute approximate surface area is 261 Å². The topological polar surface area (TPSA) is 84.9 Å². The highest BCUT2D eigenvalue weighted by Gasteiger charge is 2.48. The number of amides is 1. The van der Waals surface area contributed by atoms with Gasteiger partial charge in [0.2, 0.25) is 0 Å². The average molecular weight is 599 g/mol. The van der Waals surface area contributed by atoms with Gasteiger partial charge in [-0.05, 0) is 78.8 Å². The van der Waals surface area contributed by atoms with Crippen molar-refractivity contribution in [1.82, 2.24) is 4.90 Å². The van der Waals surface area contributed by atoms with Crippen molar-refractivity contribution in [3.63, 3.8) is 0 Å². The number of ketones is 2. The zero-order valence-corrected chi connectivity index (χ0v) is 27.5. The summed E-state index contributed by atoms with van der Waals surface area (Å²) < 4.78 is 11.7. The van der Waals surface area contributed by atoms with Crippen LogP contribution in [-0.2, 0) is 14.4 Å². The molecular formula is C37H46N2O5. The second kappa shape index (κ2) is 11.9. The molecule has 7 nitrogen and oxygen atoms in total. The van der Waals surface area contributed by atoms with E-state index in [1.807, 2.05) is 44.2 Å². The first-order chi connectivity index (χ1) is 20.7. The van der Waals surface area contributed by atoms with Crippen LogP contribution in [0.15, 0.2) is 58.9 Å². The van der Waals surface area contributed by atoms with E-state index in [9.17, 15) is 14.4 Å². The third-order valence-corrected chi connectivity index (χ3v) is 9.23. The lowest BCUT2D eigenvalue weighted by molar-refractivity contribution is -0.120. The molecule has 1 aliphatic heterocycles. The Morgan fingerprint density at radius 2 is 1.52 bits per heavy atom. The molecule has 1 N–H and O–H groups in total. The minimum Gasteiger partial charge on any atom is -0.493 e. The van der Waals surface area contributed by atoms with Crippen molar-refractivity contribution in [3.05, 3.63) is 75.6 Å². The number of Topliss-reactive ketones (excluding diaryl/α,β-unsaturated/α-hetero) is 2. The Kier molecular flexibility index (Phi) is 8.54. The summed E-state index contributed by atoms with van der Waals surface area (Å²) in [5.41, 5.74) is 6.97. The highest BCUT2D eigenvalue weighted by Crippen LogP contribution is 2.55. The summed E-state index contributed by atoms with van der Waals surface area (Å²) in [7, 11) is 1.56. The molecule has 2 aliphatic carbocycles. The number of anilines is 1. The Bertz CT molecular complexity index is 1520. The van der Waals surface area contributed by atoms with E-state index in [-0.39, 0.29) is 34.9 Å². The molecule has 2 aromatic rings. The molecule has 3 aliphatic rings. The van der Waals surface area contributed by atoms with Crippen molar-refractivity contribution < 1.29 is 23.9 Å². The third kappa shape index (κ3) is 6.06. The predicted molar refractivity (Wildman–Crippen MR) is 173 cm³/mol. The van der Waals surface area contributed by atoms with Crippen LogP contribution in [0.5, 0.6) is 11.5 Å². The maximum atomic E-state index is 14.0. The largest absolute Gasteiger partial charge is 0.493 e. The van der Waals surface area contributed by atoms with E-state index in [1.165, 1.54) is 0 Å². The number of carbonyl (C=O) groups excluding carboxylic acids is 3. The fourth-order valence-electron chi connectivity index (χ4n) is 7.07. The van der Waals surface area contributed by atoms with Crippen molar-refractivity contribution in [2.24, 2.45) is 10.8 Å². The maximum Gasteiger partial charge on any atom is 0.262 e. The van der Waals surface area contributed by atoms with Gasteiger partial charge in [-0.1, -0.05) is 52.8 Å². The van der Waals surface area contributed by atoms with Gasteiger partial charge in [0.1, 0.15) is 0 Å². The first-order valence-corrected chi connectivity index (χ1v) is 15.7. The number of methoxy groups -OCH3 is 1. The smallest absolute Gasteiger partial charge is 0.262 e. The molecule has 0 spiro atoms. The van der Waals surface area contributed by atoms with Crippen LogP contribution in [0.3, 0.4) is 0 Å². The Morgan fingerprint density at radius 3 is 2.09 bits per heavy atom. The van der Waals surface area contributed by atoms with Crippen molar-refractivity contribution >= 4 is 23.2 Å². The van der Waals surface area contributed by atoms with E-state index in [1.54, 1.807) is 13.2 Å². The standard InChI is InChI=1S/C37H46N2O5/c1-9-15-39-26-17-36(4,5)19-28(40)34(26)33(35-27(39)18-37(6,7)20-29(35)41)24-13-14-30(31(16-24)43-8)44-21-32(42)38-25-12-10-11-22(2)23(25)3/h10-14,16,33H,9,15,17-21H2,1-8H3,(H,38,42). The molecule has 44 heavy (non-hydrogen) atoms. The molecule has 0 unspecified atom stereocenters. The minimum absolute atomic E-state index is 0.106. The molecule has 0 aromatic heterocycles. The number of nitrogens with one attached hydrogen (secondary N) is 1. The quantitative estimate of drug-likeness (QED) is 0.340. The van der Waals surface area contributed by atoms with Gasteiger partial charge in [-0.3, -0.25) is 14.4 Å². The second-order valence-corrected chi connectivity index (χ2v) is 14.2. The van der Waals surface area contributed by atoms with Gasteiger partial charge in [-0.25, -0.2) is 0 Å². The lowest BCUT2D eigenvalue weighted by atomic mass is 9.63. The number of aryl methyl sites for hydroxylation is 1. The molecule has 0 saturated heterocycles. The molecular weight excluding hydrogens is 552 g/mol. The summed E-state index contributed by atoms with van der Waals surface area (Å²) in [5.74, 6) is 0.350. The summed E-state index contributed by atoms with van der Waals surface area (Å²) >= 11 is 0. The van der Waals surface area contributed by atoms with Crippen LogP contribution in [-0.4, -0.2) is 42.6 Å². The number of hydrogen-bond acceptors (Lipinski definition) is 6. The number of carbonyl (C=O) groups is 3. The molecule has 0 bridgehead atoms. The minimum atomic E-state index is -0.462. The molecule has 0 radical (unpaired) electrons. The molecule has 234 valence electrons. The summed E-state index contributed by atoms with van der Waals surface area (Å²) in [5, 5.41) is 2.92. The van der Waals surface area contributed by atoms with Crippen LogP contribution in [0.1, 0.15) is 89.3 Å². The van der Waals surface area contributed by atoms with E-state index in [2.05, 4.69) is 44.8 Å². The van der Waals surface area contributed by atoms with E-state index in [4.69, 9.17) is 9.47 Å². The van der Waals surface area contributed by atoms with Crippen molar-refractivity contribution in [2.45, 2.75) is 86.5 Å². The second-order valence-electron chi connectivity index (χ2n) is 14.2. The van der Waals surface area contributed by atoms with Crippen LogP contribution in [0, 0.1) is 24.7 Å². The van der Waals surface area contributed by atoms with Gasteiger partial charge in [0, 0.05) is 53.5 Å². The van der Waals surface area contributed by atoms with E-state index >= 15 is 0 Å². The number of nitrogens with zero attached hydrogens (tertiary/aromatic N) is 1. The van der Waals surface area contributed by atoms with Crippen LogP contribution in [0.4, 0.5) is 5.69 Å². The first kappa shape index (κ1) is 31.6. The van der Waals surface area contributed by atoms with Gasteiger partial charge in [-0.15, -0.1) is 0 Å². The Hall–Kier alpha value is -3.87. The van der Waals surface area contributed by atoms with Crippen LogP contribution < -0.4 is 14.8 Å². The van der Waals surface area contributed by atoms with Gasteiger partial charge in [0.25, 0.3) is 5.91 Å². The van der Waals surface area contributed by atoms with Gasteiger partial charge in [0.05, 0.1) is 7.11 Å². The van der Waals surface area contributed by atoms with Crippen molar-refractivity contribution in [3.8, 4) is 11.5 Å². The van der Waals surface area contributed by atoms with Gasteiger partial charge < -0.3 is 19.7 Å². The number of ether oxygens (including phenoxy) is 2. The lowest BCUT2D eigenvalue weighted by Crippen LogP contribution is -2.44. The SMILES string of the molecule is CCCN1C2=C(C(=O)CC(C)(C)C2)C(c2ccc(OCC(=O)Nc3cccc(C)c3C)c(OC)c2)C2=C1CC(C)(C)CC2=O. The predicted octanol–water partition coefficient (Wildman–Crippen LogP) is 7.43. The third-order valence-electron chi connectivity index (χ3n) is 9.23. The highest BCUT2D eigenvalue weighted by molar-refractivity contribution is 6.07. The van der Waals surface area contributed by atoms with Gasteiger partial charge in [0.15, 0.2) is 29.7 Å². The maximum absolute atomic E-state index is 14.0. The highest BCUT2D eigenvalue weighted by atomic mass is 16.5. The summed E-state index contributed by atoms with van der Waals surface area (Å²) in [6.45, 7) is 15.3. The Morgan fingerprint density at radius 1 is 0.909 bits per heavy atom. The molecule has 2 aromatic carbocycles. The average Bonchev–Trinajstić information content (AvgIpc) is 2.94. The monoisotopic (exact) mass is 598 g/mol. The van der Waals surface area contributed by atoms with E-state index in [0.717, 1.165) is 70.7 Å². The first-order valence-electron chi connectivity index (χ1n) is 15.7. The zero-order valence-electron chi connectivity index (χ0n) is 27.5. The number of allylic oxidation sites excluding steroid dienone is 4. The summed E-state index contributed by atoms with van der Waals surface area (Å²) in [6, 6.07) is 11.3. The fraction of sp³-hybridized carbons (Fsp3) is 0.486. The van der Waals surface area contributed by atoms with E-state index in [0.29, 0.717) is 24.3 Å². The van der Waals surface area contributed by atoms with Gasteiger partial charge >= 0.3 is 0 Å². The molecule has 0 fully saturated rings. The molecule has 7 heteroatoms. The molecule has 0 atom stereocenters. The number of benzene rings is 2. The Balaban J connectivity index is 1.52. The normalized spacial score (nSPS) is 19.5. The fourth-order valence-corrected chi connectivity index (χ4v) is 7.07. The molecule has 1 amide bonds. The van der Waals surface area contributed by atoms with Crippen molar-refractivity contribution in [2.75, 3.05) is 25.6 Å². The molecule has 5 rings (SSSR count). The molecule has 0 saturated carbocycles. The van der Waals surface area contributed by atoms with Gasteiger partial charge in [-0.2, -0.15) is 0 Å². The van der Waals surface area contributed by atoms with Crippen LogP contribution in [0.25, 0.3) is 0 Å². The molecule has 1 heterocycles. The summed E-state index contributed by atoms with van der Waals surface area (Å²) in [4.78, 5) is 43.0. The number of rotatable bonds is 8. The lowest BCUT2D eigenvalue weighted by Gasteiger charge is -2.49. The van der Waals surface area contributed by atoms with Crippen LogP contribution >= 0.6 is 0 Å². The number of hydrogen-bond donors (Lipinski definition) is 1.